The van der Waals surface area contributed by atoms with Crippen LogP contribution in [0.3, 0.4) is 0 Å². The van der Waals surface area contributed by atoms with E-state index >= 15 is 0 Å². The minimum atomic E-state index is 0.202. The van der Waals surface area contributed by atoms with Crippen molar-refractivity contribution >= 4 is 0 Å². The van der Waals surface area contributed by atoms with Crippen LogP contribution in [0, 0.1) is 0 Å². The first-order valence-corrected chi connectivity index (χ1v) is 5.61. The molecule has 0 heterocycles. The molecule has 2 heteroatoms. The average molecular weight is 216 g/mol. The van der Waals surface area contributed by atoms with Crippen LogP contribution < -0.4 is 4.74 Å². The third-order valence-electron chi connectivity index (χ3n) is 2.39. The molecule has 1 aromatic carbocycles. The number of benzene rings is 1. The monoisotopic (exact) mass is 216 g/mol. The lowest BCUT2D eigenvalue weighted by Crippen LogP contribution is -2.12. The zero-order chi connectivity index (χ0) is 11.2. The first kappa shape index (κ1) is 11.0. The van der Waals surface area contributed by atoms with Crippen molar-refractivity contribution < 1.29 is 9.47 Å². The van der Waals surface area contributed by atoms with Gasteiger partial charge in [-0.05, 0) is 37.6 Å². The fourth-order valence-electron chi connectivity index (χ4n) is 1.62. The largest absolute Gasteiger partial charge is 0.458 e. The van der Waals surface area contributed by atoms with E-state index in [1.807, 2.05) is 49.4 Å². The van der Waals surface area contributed by atoms with Crippen molar-refractivity contribution in [3.63, 3.8) is 0 Å². The fourth-order valence-corrected chi connectivity index (χ4v) is 1.62. The molecule has 2 nitrogen and oxygen atoms in total. The van der Waals surface area contributed by atoms with Crippen molar-refractivity contribution in [2.24, 2.45) is 0 Å². The number of rotatable bonds is 4. The molecule has 0 amide bonds. The highest BCUT2D eigenvalue weighted by atomic mass is 16.5. The Bertz CT molecular complexity index is 379. The predicted molar refractivity (Wildman–Crippen MR) is 64.3 cm³/mol. The molecule has 84 valence electrons. The summed E-state index contributed by atoms with van der Waals surface area (Å²) in [7, 11) is 0. The van der Waals surface area contributed by atoms with Gasteiger partial charge in [0.1, 0.15) is 11.5 Å². The molecule has 1 aliphatic carbocycles. The van der Waals surface area contributed by atoms with Gasteiger partial charge in [0.25, 0.3) is 0 Å². The lowest BCUT2D eigenvalue weighted by atomic mass is 10.1. The highest BCUT2D eigenvalue weighted by Gasteiger charge is 2.09. The molecule has 2 rings (SSSR count). The van der Waals surface area contributed by atoms with Crippen molar-refractivity contribution in [1.29, 1.82) is 0 Å². The summed E-state index contributed by atoms with van der Waals surface area (Å²) in [4.78, 5) is 0. The van der Waals surface area contributed by atoms with Gasteiger partial charge in [0.2, 0.25) is 0 Å². The number of hydrogen-bond acceptors (Lipinski definition) is 2. The standard InChI is InChI=1S/C14H16O2/c1-2-15-12-8-10-14(11-9-12)16-13-6-4-3-5-7-13/h3-8,10-12H,2,9H2,1H3. The maximum Gasteiger partial charge on any atom is 0.127 e. The summed E-state index contributed by atoms with van der Waals surface area (Å²) in [6, 6.07) is 9.80. The molecule has 0 aromatic heterocycles. The van der Waals surface area contributed by atoms with Crippen molar-refractivity contribution in [1.82, 2.24) is 0 Å². The van der Waals surface area contributed by atoms with Gasteiger partial charge >= 0.3 is 0 Å². The second-order valence-corrected chi connectivity index (χ2v) is 3.61. The Morgan fingerprint density at radius 2 is 2.06 bits per heavy atom. The van der Waals surface area contributed by atoms with E-state index in [1.54, 1.807) is 0 Å². The quantitative estimate of drug-likeness (QED) is 0.768. The lowest BCUT2D eigenvalue weighted by Gasteiger charge is -2.16. The smallest absolute Gasteiger partial charge is 0.127 e. The van der Waals surface area contributed by atoms with E-state index in [9.17, 15) is 0 Å². The molecule has 0 aliphatic heterocycles. The molecule has 0 bridgehead atoms. The summed E-state index contributed by atoms with van der Waals surface area (Å²) in [5.41, 5.74) is 0. The molecule has 0 spiro atoms. The first-order valence-electron chi connectivity index (χ1n) is 5.61. The predicted octanol–water partition coefficient (Wildman–Crippen LogP) is 3.31. The minimum absolute atomic E-state index is 0.202. The maximum absolute atomic E-state index is 5.70. The Morgan fingerprint density at radius 1 is 1.25 bits per heavy atom. The number of hydrogen-bond donors (Lipinski definition) is 0. The van der Waals surface area contributed by atoms with Crippen LogP contribution in [0.1, 0.15) is 13.3 Å². The van der Waals surface area contributed by atoms with Crippen molar-refractivity contribution in [3.05, 3.63) is 54.3 Å². The van der Waals surface area contributed by atoms with Crippen LogP contribution in [0.4, 0.5) is 0 Å². The van der Waals surface area contributed by atoms with E-state index in [0.29, 0.717) is 0 Å². The number of para-hydroxylation sites is 1. The lowest BCUT2D eigenvalue weighted by molar-refractivity contribution is 0.0966. The van der Waals surface area contributed by atoms with Crippen LogP contribution in [0.25, 0.3) is 0 Å². The molecule has 0 fully saturated rings. The van der Waals surface area contributed by atoms with Gasteiger partial charge < -0.3 is 9.47 Å². The molecule has 1 atom stereocenters. The Labute approximate surface area is 96.2 Å². The summed E-state index contributed by atoms with van der Waals surface area (Å²) >= 11 is 0. The summed E-state index contributed by atoms with van der Waals surface area (Å²) in [6.45, 7) is 2.76. The van der Waals surface area contributed by atoms with Crippen LogP contribution >= 0.6 is 0 Å². The van der Waals surface area contributed by atoms with Crippen molar-refractivity contribution in [2.45, 2.75) is 19.4 Å². The van der Waals surface area contributed by atoms with Gasteiger partial charge in [0.15, 0.2) is 0 Å². The third-order valence-corrected chi connectivity index (χ3v) is 2.39. The normalized spacial score (nSPS) is 19.3. The molecule has 1 aliphatic rings. The Hall–Kier alpha value is -1.54. The zero-order valence-corrected chi connectivity index (χ0v) is 9.43. The second kappa shape index (κ2) is 5.52. The van der Waals surface area contributed by atoms with E-state index in [4.69, 9.17) is 9.47 Å². The Kier molecular flexibility index (Phi) is 3.78. The zero-order valence-electron chi connectivity index (χ0n) is 9.43. The van der Waals surface area contributed by atoms with Crippen LogP contribution in [-0.4, -0.2) is 12.7 Å². The van der Waals surface area contributed by atoms with E-state index < -0.39 is 0 Å². The molecule has 0 N–H and O–H groups in total. The summed E-state index contributed by atoms with van der Waals surface area (Å²) in [5, 5.41) is 0. The van der Waals surface area contributed by atoms with Crippen LogP contribution in [0.15, 0.2) is 54.3 Å². The molecule has 1 aromatic rings. The first-order chi connectivity index (χ1) is 7.88. The van der Waals surface area contributed by atoms with E-state index in [2.05, 4.69) is 6.08 Å². The Morgan fingerprint density at radius 3 is 2.69 bits per heavy atom. The Balaban J connectivity index is 1.92. The highest BCUT2D eigenvalue weighted by Crippen LogP contribution is 2.18. The van der Waals surface area contributed by atoms with E-state index in [1.165, 1.54) is 0 Å². The molecule has 0 radical (unpaired) electrons. The van der Waals surface area contributed by atoms with Gasteiger partial charge in [-0.3, -0.25) is 0 Å². The van der Waals surface area contributed by atoms with Gasteiger partial charge in [0.05, 0.1) is 6.10 Å². The molecule has 0 saturated carbocycles. The third kappa shape index (κ3) is 2.97. The average Bonchev–Trinajstić information content (AvgIpc) is 2.33. The highest BCUT2D eigenvalue weighted by molar-refractivity contribution is 5.28. The van der Waals surface area contributed by atoms with E-state index in [0.717, 1.165) is 24.5 Å². The molecule has 1 unspecified atom stereocenters. The van der Waals surface area contributed by atoms with Crippen LogP contribution in [0.2, 0.25) is 0 Å². The molecule has 16 heavy (non-hydrogen) atoms. The molecular formula is C14H16O2. The second-order valence-electron chi connectivity index (χ2n) is 3.61. The topological polar surface area (TPSA) is 18.5 Å². The fraction of sp³-hybridized carbons (Fsp3) is 0.286. The minimum Gasteiger partial charge on any atom is -0.458 e. The van der Waals surface area contributed by atoms with Gasteiger partial charge in [-0.1, -0.05) is 24.3 Å². The van der Waals surface area contributed by atoms with Crippen LogP contribution in [0.5, 0.6) is 5.75 Å². The summed E-state index contributed by atoms with van der Waals surface area (Å²) in [5.74, 6) is 1.76. The molecule has 0 saturated heterocycles. The van der Waals surface area contributed by atoms with Gasteiger partial charge in [-0.25, -0.2) is 0 Å². The summed E-state index contributed by atoms with van der Waals surface area (Å²) in [6.07, 6.45) is 7.16. The van der Waals surface area contributed by atoms with Gasteiger partial charge in [-0.15, -0.1) is 0 Å². The van der Waals surface area contributed by atoms with Gasteiger partial charge in [-0.2, -0.15) is 0 Å². The maximum atomic E-state index is 5.70. The van der Waals surface area contributed by atoms with Crippen LogP contribution in [-0.2, 0) is 4.74 Å². The van der Waals surface area contributed by atoms with Crippen molar-refractivity contribution in [2.75, 3.05) is 6.61 Å². The number of allylic oxidation sites excluding steroid dienone is 1. The van der Waals surface area contributed by atoms with E-state index in [-0.39, 0.29) is 6.10 Å². The summed E-state index contributed by atoms with van der Waals surface area (Å²) < 4.78 is 11.2. The number of ether oxygens (including phenoxy) is 2. The van der Waals surface area contributed by atoms with Crippen molar-refractivity contribution in [3.8, 4) is 5.75 Å². The molecular weight excluding hydrogens is 200 g/mol. The van der Waals surface area contributed by atoms with Gasteiger partial charge in [0, 0.05) is 6.61 Å². The SMILES string of the molecule is CCOC1C=CC(Oc2ccccc2)=CC1.